The van der Waals surface area contributed by atoms with E-state index in [1.807, 2.05) is 42.1 Å². The third kappa shape index (κ3) is 4.57. The van der Waals surface area contributed by atoms with Gasteiger partial charge in [0.25, 0.3) is 0 Å². The fourth-order valence-electron chi connectivity index (χ4n) is 3.53. The number of aryl methyl sites for hydroxylation is 1. The lowest BCUT2D eigenvalue weighted by atomic mass is 10.1. The van der Waals surface area contributed by atoms with Crippen molar-refractivity contribution in [3.63, 3.8) is 0 Å². The van der Waals surface area contributed by atoms with E-state index in [9.17, 15) is 9.59 Å². The molecule has 3 aromatic rings. The van der Waals surface area contributed by atoms with Gasteiger partial charge >= 0.3 is 0 Å². The minimum absolute atomic E-state index is 0.0980. The van der Waals surface area contributed by atoms with Crippen LogP contribution in [0, 0.1) is 5.92 Å². The van der Waals surface area contributed by atoms with Crippen LogP contribution in [0.5, 0.6) is 11.5 Å². The highest BCUT2D eigenvalue weighted by atomic mass is 32.2. The van der Waals surface area contributed by atoms with Gasteiger partial charge in [0, 0.05) is 54.7 Å². The van der Waals surface area contributed by atoms with Gasteiger partial charge in [-0.2, -0.15) is 0 Å². The smallest absolute Gasteiger partial charge is 0.229 e. The zero-order valence-electron chi connectivity index (χ0n) is 18.1. The Labute approximate surface area is 190 Å². The molecule has 2 amide bonds. The lowest BCUT2D eigenvalue weighted by Gasteiger charge is -2.18. The van der Waals surface area contributed by atoms with E-state index < -0.39 is 5.92 Å². The van der Waals surface area contributed by atoms with Crippen molar-refractivity contribution in [2.45, 2.75) is 16.5 Å². The number of anilines is 2. The van der Waals surface area contributed by atoms with E-state index in [4.69, 9.17) is 9.47 Å². The van der Waals surface area contributed by atoms with Gasteiger partial charge in [0.2, 0.25) is 11.8 Å². The zero-order valence-corrected chi connectivity index (χ0v) is 18.9. The van der Waals surface area contributed by atoms with Gasteiger partial charge in [0.15, 0.2) is 16.7 Å². The SMILES string of the molecule is COc1ccc(N2CC(C(=O)Nc3ccc(Sc4nccn4C)cc3)CC2=O)cc1OC. The number of hydrogen-bond donors (Lipinski definition) is 1. The molecular formula is C23H24N4O4S. The van der Waals surface area contributed by atoms with Crippen molar-refractivity contribution in [1.82, 2.24) is 9.55 Å². The van der Waals surface area contributed by atoms with Gasteiger partial charge in [0.1, 0.15) is 0 Å². The van der Waals surface area contributed by atoms with E-state index in [0.29, 0.717) is 29.4 Å². The predicted molar refractivity (Wildman–Crippen MR) is 122 cm³/mol. The van der Waals surface area contributed by atoms with Crippen LogP contribution in [0.15, 0.2) is 64.9 Å². The van der Waals surface area contributed by atoms with Gasteiger partial charge in [-0.1, -0.05) is 11.8 Å². The number of carbonyl (C=O) groups excluding carboxylic acids is 2. The Hall–Kier alpha value is -3.46. The first-order valence-corrected chi connectivity index (χ1v) is 10.9. The number of rotatable bonds is 7. The maximum absolute atomic E-state index is 12.8. The van der Waals surface area contributed by atoms with Crippen molar-refractivity contribution in [3.8, 4) is 11.5 Å². The van der Waals surface area contributed by atoms with E-state index in [0.717, 1.165) is 10.1 Å². The Morgan fingerprint density at radius 3 is 2.53 bits per heavy atom. The lowest BCUT2D eigenvalue weighted by molar-refractivity contribution is -0.122. The molecule has 0 bridgehead atoms. The summed E-state index contributed by atoms with van der Waals surface area (Å²) in [5, 5.41) is 3.81. The number of amides is 2. The van der Waals surface area contributed by atoms with Crippen LogP contribution in [-0.4, -0.2) is 42.1 Å². The van der Waals surface area contributed by atoms with Crippen molar-refractivity contribution in [2.75, 3.05) is 31.0 Å². The summed E-state index contributed by atoms with van der Waals surface area (Å²) in [4.78, 5) is 32.3. The molecule has 1 N–H and O–H groups in total. The molecule has 0 radical (unpaired) electrons. The average Bonchev–Trinajstić information content (AvgIpc) is 3.39. The second-order valence-corrected chi connectivity index (χ2v) is 8.42. The topological polar surface area (TPSA) is 85.7 Å². The van der Waals surface area contributed by atoms with Crippen molar-refractivity contribution < 1.29 is 19.1 Å². The summed E-state index contributed by atoms with van der Waals surface area (Å²) < 4.78 is 12.5. The van der Waals surface area contributed by atoms with Gasteiger partial charge in [-0.15, -0.1) is 0 Å². The monoisotopic (exact) mass is 452 g/mol. The minimum atomic E-state index is -0.433. The van der Waals surface area contributed by atoms with Crippen LogP contribution in [0.1, 0.15) is 6.42 Å². The summed E-state index contributed by atoms with van der Waals surface area (Å²) in [7, 11) is 5.05. The molecular weight excluding hydrogens is 428 g/mol. The number of ether oxygens (including phenoxy) is 2. The molecule has 0 saturated carbocycles. The molecule has 166 valence electrons. The molecule has 2 heterocycles. The first kappa shape index (κ1) is 21.8. The van der Waals surface area contributed by atoms with Crippen LogP contribution in [0.4, 0.5) is 11.4 Å². The van der Waals surface area contributed by atoms with E-state index in [2.05, 4.69) is 10.3 Å². The maximum Gasteiger partial charge on any atom is 0.229 e. The maximum atomic E-state index is 12.8. The van der Waals surface area contributed by atoms with Gasteiger partial charge in [-0.25, -0.2) is 4.98 Å². The normalized spacial score (nSPS) is 15.7. The predicted octanol–water partition coefficient (Wildman–Crippen LogP) is 3.58. The first-order chi connectivity index (χ1) is 15.5. The third-order valence-electron chi connectivity index (χ3n) is 5.28. The van der Waals surface area contributed by atoms with E-state index in [-0.39, 0.29) is 18.2 Å². The fourth-order valence-corrected chi connectivity index (χ4v) is 4.33. The van der Waals surface area contributed by atoms with E-state index in [1.165, 1.54) is 0 Å². The Morgan fingerprint density at radius 2 is 1.88 bits per heavy atom. The van der Waals surface area contributed by atoms with Gasteiger partial charge in [0.05, 0.1) is 20.1 Å². The highest BCUT2D eigenvalue weighted by Crippen LogP contribution is 2.34. The molecule has 2 aromatic carbocycles. The Balaban J connectivity index is 1.39. The highest BCUT2D eigenvalue weighted by Gasteiger charge is 2.35. The number of nitrogens with zero attached hydrogens (tertiary/aromatic N) is 3. The highest BCUT2D eigenvalue weighted by molar-refractivity contribution is 7.99. The van der Waals surface area contributed by atoms with Gasteiger partial charge in [-0.05, 0) is 36.4 Å². The molecule has 1 aliphatic rings. The Morgan fingerprint density at radius 1 is 1.12 bits per heavy atom. The van der Waals surface area contributed by atoms with Crippen molar-refractivity contribution >= 4 is 35.0 Å². The summed E-state index contributed by atoms with van der Waals surface area (Å²) in [6, 6.07) is 12.9. The van der Waals surface area contributed by atoms with Crippen LogP contribution < -0.4 is 19.7 Å². The van der Waals surface area contributed by atoms with Crippen LogP contribution >= 0.6 is 11.8 Å². The number of imidazole rings is 1. The Bertz CT molecular complexity index is 1130. The molecule has 1 atom stereocenters. The number of benzene rings is 2. The van der Waals surface area contributed by atoms with E-state index in [1.54, 1.807) is 55.3 Å². The molecule has 32 heavy (non-hydrogen) atoms. The average molecular weight is 453 g/mol. The van der Waals surface area contributed by atoms with E-state index >= 15 is 0 Å². The molecule has 1 fully saturated rings. The number of carbonyl (C=O) groups is 2. The largest absolute Gasteiger partial charge is 0.493 e. The molecule has 9 heteroatoms. The molecule has 8 nitrogen and oxygen atoms in total. The summed E-state index contributed by atoms with van der Waals surface area (Å²) in [6.07, 6.45) is 3.81. The molecule has 1 saturated heterocycles. The van der Waals surface area contributed by atoms with Crippen molar-refractivity contribution in [2.24, 2.45) is 13.0 Å². The summed E-state index contributed by atoms with van der Waals surface area (Å²) in [6.45, 7) is 0.313. The van der Waals surface area contributed by atoms with Crippen LogP contribution in [-0.2, 0) is 16.6 Å². The summed E-state index contributed by atoms with van der Waals surface area (Å²) >= 11 is 1.55. The molecule has 0 aliphatic carbocycles. The van der Waals surface area contributed by atoms with Crippen molar-refractivity contribution in [1.29, 1.82) is 0 Å². The van der Waals surface area contributed by atoms with Crippen LogP contribution in [0.2, 0.25) is 0 Å². The summed E-state index contributed by atoms with van der Waals surface area (Å²) in [5.41, 5.74) is 1.37. The number of methoxy groups -OCH3 is 2. The fraction of sp³-hybridized carbons (Fsp3) is 0.261. The molecule has 4 rings (SSSR count). The van der Waals surface area contributed by atoms with Crippen LogP contribution in [0.3, 0.4) is 0 Å². The number of aromatic nitrogens is 2. The molecule has 0 spiro atoms. The lowest BCUT2D eigenvalue weighted by Crippen LogP contribution is -2.28. The van der Waals surface area contributed by atoms with Crippen LogP contribution in [0.25, 0.3) is 0 Å². The molecule has 1 aromatic heterocycles. The Kier molecular flexibility index (Phi) is 6.36. The first-order valence-electron chi connectivity index (χ1n) is 10.1. The van der Waals surface area contributed by atoms with Gasteiger partial charge < -0.3 is 24.3 Å². The minimum Gasteiger partial charge on any atom is -0.493 e. The second kappa shape index (κ2) is 9.35. The molecule has 1 unspecified atom stereocenters. The second-order valence-electron chi connectivity index (χ2n) is 7.38. The third-order valence-corrected chi connectivity index (χ3v) is 6.37. The number of nitrogens with one attached hydrogen (secondary N) is 1. The standard InChI is InChI=1S/C23H24N4O4S/c1-26-11-10-24-23(26)32-18-7-4-16(5-8-18)25-22(29)15-12-21(28)27(14-15)17-6-9-19(30-2)20(13-17)31-3/h4-11,13,15H,12,14H2,1-3H3,(H,25,29). The number of hydrogen-bond acceptors (Lipinski definition) is 6. The van der Waals surface area contributed by atoms with Crippen molar-refractivity contribution in [3.05, 3.63) is 54.9 Å². The quantitative estimate of drug-likeness (QED) is 0.590. The van der Waals surface area contributed by atoms with Gasteiger partial charge in [-0.3, -0.25) is 9.59 Å². The zero-order chi connectivity index (χ0) is 22.7. The molecule has 1 aliphatic heterocycles. The summed E-state index contributed by atoms with van der Waals surface area (Å²) in [5.74, 6) is 0.415.